The van der Waals surface area contributed by atoms with Crippen LogP contribution in [0.15, 0.2) is 71.8 Å². The van der Waals surface area contributed by atoms with Crippen molar-refractivity contribution in [2.75, 3.05) is 0 Å². The third-order valence-electron chi connectivity index (χ3n) is 3.93. The number of hydrogen-bond acceptors (Lipinski definition) is 6. The molecular weight excluding hydrogens is 344 g/mol. The summed E-state index contributed by atoms with van der Waals surface area (Å²) in [5, 5.41) is 10.9. The summed E-state index contributed by atoms with van der Waals surface area (Å²) in [5.41, 5.74) is 2.43. The van der Waals surface area contributed by atoms with Crippen LogP contribution in [0, 0.1) is 0 Å². The monoisotopic (exact) mass is 360 g/mol. The number of nitrogens with one attached hydrogen (secondary N) is 1. The highest BCUT2D eigenvalue weighted by Crippen LogP contribution is 2.14. The molecular formula is C19H16N6O2. The van der Waals surface area contributed by atoms with Gasteiger partial charge >= 0.3 is 0 Å². The van der Waals surface area contributed by atoms with E-state index >= 15 is 0 Å². The maximum Gasteiger partial charge on any atom is 0.251 e. The molecule has 0 saturated heterocycles. The molecule has 1 amide bonds. The maximum atomic E-state index is 12.3. The molecule has 4 rings (SSSR count). The van der Waals surface area contributed by atoms with Crippen LogP contribution >= 0.6 is 0 Å². The molecule has 1 N–H and O–H groups in total. The van der Waals surface area contributed by atoms with Crippen LogP contribution in [-0.2, 0) is 13.1 Å². The predicted octanol–water partition coefficient (Wildman–Crippen LogP) is 2.31. The summed E-state index contributed by atoms with van der Waals surface area (Å²) in [5.74, 6) is 0.597. The number of rotatable bonds is 6. The van der Waals surface area contributed by atoms with Gasteiger partial charge in [-0.2, -0.15) is 10.1 Å². The Balaban J connectivity index is 1.35. The average Bonchev–Trinajstić information content (AvgIpc) is 3.39. The van der Waals surface area contributed by atoms with Crippen LogP contribution in [0.4, 0.5) is 0 Å². The second-order valence-corrected chi connectivity index (χ2v) is 5.83. The number of carbonyl (C=O) groups excluding carboxylic acids is 1. The molecule has 0 aliphatic heterocycles. The van der Waals surface area contributed by atoms with Crippen molar-refractivity contribution < 1.29 is 9.32 Å². The van der Waals surface area contributed by atoms with E-state index in [-0.39, 0.29) is 12.5 Å². The molecule has 8 nitrogen and oxygen atoms in total. The van der Waals surface area contributed by atoms with Gasteiger partial charge in [0.1, 0.15) is 0 Å². The quantitative estimate of drug-likeness (QED) is 0.566. The van der Waals surface area contributed by atoms with Gasteiger partial charge in [0.15, 0.2) is 0 Å². The van der Waals surface area contributed by atoms with Gasteiger partial charge in [-0.25, -0.2) is 0 Å². The smallest absolute Gasteiger partial charge is 0.251 e. The molecule has 0 atom stereocenters. The number of benzene rings is 1. The maximum absolute atomic E-state index is 12.3. The van der Waals surface area contributed by atoms with Gasteiger partial charge in [-0.15, -0.1) is 0 Å². The minimum atomic E-state index is -0.204. The first kappa shape index (κ1) is 16.6. The average molecular weight is 360 g/mol. The number of nitrogens with zero attached hydrogens (tertiary/aromatic N) is 5. The zero-order valence-electron chi connectivity index (χ0n) is 14.3. The van der Waals surface area contributed by atoms with Gasteiger partial charge in [0, 0.05) is 35.9 Å². The second-order valence-electron chi connectivity index (χ2n) is 5.83. The van der Waals surface area contributed by atoms with Crippen molar-refractivity contribution in [2.45, 2.75) is 13.1 Å². The van der Waals surface area contributed by atoms with Crippen molar-refractivity contribution in [2.24, 2.45) is 0 Å². The Kier molecular flexibility index (Phi) is 4.69. The normalized spacial score (nSPS) is 10.7. The third-order valence-corrected chi connectivity index (χ3v) is 3.93. The molecule has 0 fully saturated rings. The van der Waals surface area contributed by atoms with Crippen molar-refractivity contribution in [3.05, 3.63) is 84.3 Å². The van der Waals surface area contributed by atoms with Gasteiger partial charge in [-0.3, -0.25) is 14.5 Å². The van der Waals surface area contributed by atoms with E-state index in [9.17, 15) is 4.79 Å². The molecule has 4 aromatic rings. The van der Waals surface area contributed by atoms with E-state index in [1.54, 1.807) is 42.9 Å². The van der Waals surface area contributed by atoms with Gasteiger partial charge in [0.2, 0.25) is 11.7 Å². The fraction of sp³-hybridized carbons (Fsp3) is 0.105. The van der Waals surface area contributed by atoms with E-state index in [1.165, 1.54) is 0 Å². The second kappa shape index (κ2) is 7.61. The van der Waals surface area contributed by atoms with Crippen LogP contribution < -0.4 is 5.32 Å². The molecule has 0 bridgehead atoms. The summed E-state index contributed by atoms with van der Waals surface area (Å²) in [7, 11) is 0. The van der Waals surface area contributed by atoms with E-state index < -0.39 is 0 Å². The topological polar surface area (TPSA) is 98.7 Å². The fourth-order valence-corrected chi connectivity index (χ4v) is 2.55. The summed E-state index contributed by atoms with van der Waals surface area (Å²) in [4.78, 5) is 20.5. The molecule has 1 aromatic carbocycles. The lowest BCUT2D eigenvalue weighted by molar-refractivity contribution is 0.0946. The first-order valence-corrected chi connectivity index (χ1v) is 8.35. The number of hydrogen-bond donors (Lipinski definition) is 1. The first-order chi connectivity index (χ1) is 13.3. The van der Waals surface area contributed by atoms with Gasteiger partial charge in [-0.1, -0.05) is 17.3 Å². The van der Waals surface area contributed by atoms with Crippen molar-refractivity contribution in [1.82, 2.24) is 30.2 Å². The first-order valence-electron chi connectivity index (χ1n) is 8.35. The van der Waals surface area contributed by atoms with Gasteiger partial charge < -0.3 is 9.84 Å². The summed E-state index contributed by atoms with van der Waals surface area (Å²) in [6.07, 6.45) is 6.94. The van der Waals surface area contributed by atoms with E-state index in [1.807, 2.05) is 29.1 Å². The minimum absolute atomic E-state index is 0.159. The molecule has 27 heavy (non-hydrogen) atoms. The molecule has 0 saturated carbocycles. The zero-order valence-corrected chi connectivity index (χ0v) is 14.3. The van der Waals surface area contributed by atoms with Crippen molar-refractivity contribution in [1.29, 1.82) is 0 Å². The Morgan fingerprint density at radius 3 is 2.63 bits per heavy atom. The Labute approximate surface area is 154 Å². The van der Waals surface area contributed by atoms with Gasteiger partial charge in [-0.05, 0) is 35.9 Å². The van der Waals surface area contributed by atoms with Crippen LogP contribution in [0.5, 0.6) is 0 Å². The lowest BCUT2D eigenvalue weighted by atomic mass is 10.1. The van der Waals surface area contributed by atoms with Crippen molar-refractivity contribution >= 4 is 5.91 Å². The molecule has 3 aromatic heterocycles. The van der Waals surface area contributed by atoms with E-state index in [2.05, 4.69) is 25.5 Å². The SMILES string of the molecule is O=C(NCc1nc(-c2ccncc2)no1)c1ccc(Cn2cccn2)cc1. The van der Waals surface area contributed by atoms with Crippen LogP contribution in [-0.4, -0.2) is 30.8 Å². The van der Waals surface area contributed by atoms with E-state index in [4.69, 9.17) is 4.52 Å². The predicted molar refractivity (Wildman–Crippen MR) is 96.5 cm³/mol. The summed E-state index contributed by atoms with van der Waals surface area (Å²) in [6.45, 7) is 0.820. The summed E-state index contributed by atoms with van der Waals surface area (Å²) < 4.78 is 7.00. The molecule has 8 heteroatoms. The standard InChI is InChI=1S/C19H16N6O2/c26-19(16-4-2-14(3-5-16)13-25-11-1-8-22-25)21-12-17-23-18(24-27-17)15-6-9-20-10-7-15/h1-11H,12-13H2,(H,21,26). The van der Waals surface area contributed by atoms with Crippen LogP contribution in [0.25, 0.3) is 11.4 Å². The Hall–Kier alpha value is -3.81. The van der Waals surface area contributed by atoms with E-state index in [0.717, 1.165) is 11.1 Å². The minimum Gasteiger partial charge on any atom is -0.343 e. The molecule has 134 valence electrons. The molecule has 0 aliphatic carbocycles. The number of pyridine rings is 1. The van der Waals surface area contributed by atoms with Crippen LogP contribution in [0.1, 0.15) is 21.8 Å². The third kappa shape index (κ3) is 4.06. The number of carbonyl (C=O) groups is 1. The number of aromatic nitrogens is 5. The van der Waals surface area contributed by atoms with Crippen LogP contribution in [0.2, 0.25) is 0 Å². The fourth-order valence-electron chi connectivity index (χ4n) is 2.55. The van der Waals surface area contributed by atoms with Crippen LogP contribution in [0.3, 0.4) is 0 Å². The van der Waals surface area contributed by atoms with E-state index in [0.29, 0.717) is 23.8 Å². The molecule has 0 aliphatic rings. The van der Waals surface area contributed by atoms with Gasteiger partial charge in [0.05, 0.1) is 13.1 Å². The summed E-state index contributed by atoms with van der Waals surface area (Å²) in [6, 6.07) is 12.8. The van der Waals surface area contributed by atoms with Crippen molar-refractivity contribution in [3.8, 4) is 11.4 Å². The molecule has 0 radical (unpaired) electrons. The highest BCUT2D eigenvalue weighted by atomic mass is 16.5. The zero-order chi connectivity index (χ0) is 18.5. The summed E-state index contributed by atoms with van der Waals surface area (Å²) >= 11 is 0. The lowest BCUT2D eigenvalue weighted by Gasteiger charge is -2.05. The molecule has 0 unspecified atom stereocenters. The Morgan fingerprint density at radius 2 is 1.89 bits per heavy atom. The van der Waals surface area contributed by atoms with Crippen molar-refractivity contribution in [3.63, 3.8) is 0 Å². The highest BCUT2D eigenvalue weighted by Gasteiger charge is 2.11. The Bertz CT molecular complexity index is 1010. The molecule has 3 heterocycles. The largest absolute Gasteiger partial charge is 0.343 e. The highest BCUT2D eigenvalue weighted by molar-refractivity contribution is 5.94. The Morgan fingerprint density at radius 1 is 1.07 bits per heavy atom. The van der Waals surface area contributed by atoms with Gasteiger partial charge in [0.25, 0.3) is 5.91 Å². The lowest BCUT2D eigenvalue weighted by Crippen LogP contribution is -2.22. The number of amides is 1. The molecule has 0 spiro atoms.